The number of hydrogen-bond acceptors (Lipinski definition) is 3. The Bertz CT molecular complexity index is 145. The van der Waals surface area contributed by atoms with Crippen LogP contribution in [0.4, 0.5) is 0 Å². The SMILES string of the molecule is CC(=O)C(C#N)C=O. The zero-order valence-electron chi connectivity index (χ0n) is 4.42. The van der Waals surface area contributed by atoms with Crippen molar-refractivity contribution in [3.05, 3.63) is 0 Å². The van der Waals surface area contributed by atoms with Crippen LogP contribution in [0.1, 0.15) is 6.92 Å². The number of hydrogen-bond donors (Lipinski definition) is 0. The Balaban J connectivity index is 3.95. The molecule has 3 nitrogen and oxygen atoms in total. The van der Waals surface area contributed by atoms with Crippen LogP contribution in [0.15, 0.2) is 0 Å². The van der Waals surface area contributed by atoms with Crippen LogP contribution in [0.3, 0.4) is 0 Å². The molecular weight excluding hydrogens is 106 g/mol. The number of aldehydes is 1. The van der Waals surface area contributed by atoms with Crippen molar-refractivity contribution in [2.45, 2.75) is 6.92 Å². The number of Topliss-reactive ketones (excluding diaryl/α,β-unsaturated/α-hetero) is 1. The molecule has 0 radical (unpaired) electrons. The standard InChI is InChI=1S/C5H5NO2/c1-4(8)5(2-6)3-7/h3,5H,1H3. The number of carbonyl (C=O) groups is 2. The molecule has 0 aromatic rings. The molecule has 0 bridgehead atoms. The average molecular weight is 111 g/mol. The Morgan fingerprint density at radius 3 is 2.38 bits per heavy atom. The van der Waals surface area contributed by atoms with Gasteiger partial charge in [-0.15, -0.1) is 0 Å². The molecule has 0 fully saturated rings. The Labute approximate surface area is 46.9 Å². The van der Waals surface area contributed by atoms with Gasteiger partial charge < -0.3 is 4.79 Å². The number of nitrogens with zero attached hydrogens (tertiary/aromatic N) is 1. The van der Waals surface area contributed by atoms with E-state index in [9.17, 15) is 9.59 Å². The maximum atomic E-state index is 10.2. The van der Waals surface area contributed by atoms with Crippen molar-refractivity contribution in [3.63, 3.8) is 0 Å². The van der Waals surface area contributed by atoms with Gasteiger partial charge in [-0.25, -0.2) is 0 Å². The van der Waals surface area contributed by atoms with Crippen molar-refractivity contribution >= 4 is 12.1 Å². The second-order valence-corrected chi connectivity index (χ2v) is 1.35. The highest BCUT2D eigenvalue weighted by Crippen LogP contribution is 1.88. The highest BCUT2D eigenvalue weighted by Gasteiger charge is 2.09. The van der Waals surface area contributed by atoms with E-state index in [0.29, 0.717) is 6.29 Å². The third-order valence-corrected chi connectivity index (χ3v) is 0.713. The lowest BCUT2D eigenvalue weighted by molar-refractivity contribution is -0.123. The topological polar surface area (TPSA) is 57.9 Å². The van der Waals surface area contributed by atoms with E-state index in [4.69, 9.17) is 5.26 Å². The van der Waals surface area contributed by atoms with E-state index in [1.807, 2.05) is 0 Å². The molecule has 0 aliphatic rings. The van der Waals surface area contributed by atoms with Crippen molar-refractivity contribution in [1.82, 2.24) is 0 Å². The van der Waals surface area contributed by atoms with Gasteiger partial charge in [-0.05, 0) is 6.92 Å². The smallest absolute Gasteiger partial charge is 0.159 e. The van der Waals surface area contributed by atoms with Crippen molar-refractivity contribution < 1.29 is 9.59 Å². The van der Waals surface area contributed by atoms with Gasteiger partial charge in [-0.2, -0.15) is 5.26 Å². The summed E-state index contributed by atoms with van der Waals surface area (Å²) in [5.41, 5.74) is 0. The minimum Gasteiger partial charge on any atom is -0.301 e. The Morgan fingerprint density at radius 2 is 2.38 bits per heavy atom. The third kappa shape index (κ3) is 1.52. The van der Waals surface area contributed by atoms with Crippen LogP contribution < -0.4 is 0 Å². The van der Waals surface area contributed by atoms with Crippen molar-refractivity contribution in [3.8, 4) is 6.07 Å². The monoisotopic (exact) mass is 111 g/mol. The lowest BCUT2D eigenvalue weighted by Gasteiger charge is -1.86. The van der Waals surface area contributed by atoms with Gasteiger partial charge in [-0.1, -0.05) is 0 Å². The third-order valence-electron chi connectivity index (χ3n) is 0.713. The summed E-state index contributed by atoms with van der Waals surface area (Å²) in [6.07, 6.45) is 0.336. The summed E-state index contributed by atoms with van der Waals surface area (Å²) in [5, 5.41) is 7.99. The van der Waals surface area contributed by atoms with Gasteiger partial charge in [0, 0.05) is 0 Å². The van der Waals surface area contributed by atoms with Gasteiger partial charge in [0.1, 0.15) is 6.29 Å². The summed E-state index contributed by atoms with van der Waals surface area (Å²) < 4.78 is 0. The minimum absolute atomic E-state index is 0.336. The molecule has 8 heavy (non-hydrogen) atoms. The minimum atomic E-state index is -1.06. The maximum absolute atomic E-state index is 10.2. The van der Waals surface area contributed by atoms with E-state index in [1.54, 1.807) is 0 Å². The molecule has 0 aliphatic heterocycles. The molecule has 3 heteroatoms. The van der Waals surface area contributed by atoms with Crippen LogP contribution in [0.25, 0.3) is 0 Å². The first-order valence-electron chi connectivity index (χ1n) is 2.07. The predicted molar refractivity (Wildman–Crippen MR) is 25.8 cm³/mol. The van der Waals surface area contributed by atoms with E-state index < -0.39 is 11.7 Å². The number of carbonyl (C=O) groups excluding carboxylic acids is 2. The Morgan fingerprint density at radius 1 is 1.88 bits per heavy atom. The van der Waals surface area contributed by atoms with E-state index in [-0.39, 0.29) is 0 Å². The normalized spacial score (nSPS) is 11.5. The van der Waals surface area contributed by atoms with Gasteiger partial charge in [0.15, 0.2) is 11.7 Å². The number of nitriles is 1. The summed E-state index contributed by atoms with van der Waals surface area (Å²) in [5.74, 6) is -1.46. The Kier molecular flexibility index (Phi) is 2.49. The van der Waals surface area contributed by atoms with Crippen molar-refractivity contribution in [2.24, 2.45) is 5.92 Å². The molecular formula is C5H5NO2. The molecule has 1 unspecified atom stereocenters. The first kappa shape index (κ1) is 6.83. The number of rotatable bonds is 2. The molecule has 0 aromatic carbocycles. The molecule has 0 saturated carbocycles. The van der Waals surface area contributed by atoms with Crippen molar-refractivity contribution in [1.29, 1.82) is 5.26 Å². The first-order valence-corrected chi connectivity index (χ1v) is 2.07. The van der Waals surface area contributed by atoms with Crippen LogP contribution in [-0.4, -0.2) is 12.1 Å². The van der Waals surface area contributed by atoms with Gasteiger partial charge in [0.25, 0.3) is 0 Å². The van der Waals surface area contributed by atoms with E-state index in [1.165, 1.54) is 13.0 Å². The highest BCUT2D eigenvalue weighted by molar-refractivity contribution is 5.94. The van der Waals surface area contributed by atoms with Crippen LogP contribution in [0.2, 0.25) is 0 Å². The molecule has 0 heterocycles. The predicted octanol–water partition coefficient (Wildman–Crippen LogP) is -0.0859. The van der Waals surface area contributed by atoms with Gasteiger partial charge >= 0.3 is 0 Å². The van der Waals surface area contributed by atoms with Crippen LogP contribution >= 0.6 is 0 Å². The molecule has 0 amide bonds. The molecule has 0 spiro atoms. The average Bonchev–Trinajstić information content (AvgIpc) is 1.69. The fraction of sp³-hybridized carbons (Fsp3) is 0.400. The van der Waals surface area contributed by atoms with Crippen molar-refractivity contribution in [2.75, 3.05) is 0 Å². The molecule has 42 valence electrons. The zero-order chi connectivity index (χ0) is 6.57. The maximum Gasteiger partial charge on any atom is 0.159 e. The Hall–Kier alpha value is -1.17. The fourth-order valence-electron chi connectivity index (χ4n) is 0.217. The molecule has 1 atom stereocenters. The largest absolute Gasteiger partial charge is 0.301 e. The molecule has 0 rings (SSSR count). The van der Waals surface area contributed by atoms with Gasteiger partial charge in [0.05, 0.1) is 6.07 Å². The van der Waals surface area contributed by atoms with Gasteiger partial charge in [0.2, 0.25) is 0 Å². The highest BCUT2D eigenvalue weighted by atomic mass is 16.1. The summed E-state index contributed by atoms with van der Waals surface area (Å²) >= 11 is 0. The van der Waals surface area contributed by atoms with Crippen LogP contribution in [-0.2, 0) is 9.59 Å². The van der Waals surface area contributed by atoms with E-state index >= 15 is 0 Å². The molecule has 0 saturated heterocycles. The summed E-state index contributed by atoms with van der Waals surface area (Å²) in [6.45, 7) is 1.21. The summed E-state index contributed by atoms with van der Waals surface area (Å²) in [4.78, 5) is 19.9. The van der Waals surface area contributed by atoms with Crippen LogP contribution in [0.5, 0.6) is 0 Å². The number of ketones is 1. The second-order valence-electron chi connectivity index (χ2n) is 1.35. The van der Waals surface area contributed by atoms with E-state index in [0.717, 1.165) is 0 Å². The van der Waals surface area contributed by atoms with Crippen LogP contribution in [0, 0.1) is 17.2 Å². The molecule has 0 N–H and O–H groups in total. The first-order chi connectivity index (χ1) is 3.72. The second kappa shape index (κ2) is 2.92. The van der Waals surface area contributed by atoms with Gasteiger partial charge in [-0.3, -0.25) is 4.79 Å². The zero-order valence-corrected chi connectivity index (χ0v) is 4.42. The van der Waals surface area contributed by atoms with E-state index in [2.05, 4.69) is 0 Å². The lowest BCUT2D eigenvalue weighted by atomic mass is 10.1. The fourth-order valence-corrected chi connectivity index (χ4v) is 0.217. The molecule has 0 aliphatic carbocycles. The summed E-state index contributed by atoms with van der Waals surface area (Å²) in [7, 11) is 0. The molecule has 0 aromatic heterocycles. The lowest BCUT2D eigenvalue weighted by Crippen LogP contribution is -2.08. The summed E-state index contributed by atoms with van der Waals surface area (Å²) in [6, 6.07) is 1.53. The quantitative estimate of drug-likeness (QED) is 0.369.